The largest absolute Gasteiger partial charge is 0.452 e. The van der Waals surface area contributed by atoms with Crippen LogP contribution in [0, 0.1) is 19.3 Å². The molecule has 2 aromatic carbocycles. The molecule has 140 valence electrons. The van der Waals surface area contributed by atoms with E-state index in [1.165, 1.54) is 0 Å². The maximum absolute atomic E-state index is 13.2. The van der Waals surface area contributed by atoms with Crippen LogP contribution in [0.2, 0.25) is 5.02 Å². The summed E-state index contributed by atoms with van der Waals surface area (Å²) in [6.07, 6.45) is 0. The lowest BCUT2D eigenvalue weighted by molar-refractivity contribution is -0.143. The number of esters is 1. The van der Waals surface area contributed by atoms with E-state index in [9.17, 15) is 9.59 Å². The topological polar surface area (TPSA) is 56.5 Å². The van der Waals surface area contributed by atoms with Gasteiger partial charge in [-0.25, -0.2) is 0 Å². The Morgan fingerprint density at radius 2 is 1.70 bits per heavy atom. The summed E-state index contributed by atoms with van der Waals surface area (Å²) in [6, 6.07) is 10.5. The van der Waals surface area contributed by atoms with Gasteiger partial charge in [0.2, 0.25) is 11.2 Å². The highest BCUT2D eigenvalue weighted by Crippen LogP contribution is 2.36. The molecule has 0 radical (unpaired) electrons. The lowest BCUT2D eigenvalue weighted by Gasteiger charge is -2.18. The second-order valence-corrected chi connectivity index (χ2v) is 8.05. The van der Waals surface area contributed by atoms with Crippen LogP contribution in [-0.2, 0) is 4.79 Å². The molecule has 0 amide bonds. The summed E-state index contributed by atoms with van der Waals surface area (Å²) in [4.78, 5) is 25.7. The standard InChI is InChI=1S/C22H21ClO4/c1-12-10-15-17(11-13(12)2)26-19(14-8-6-7-9-16(14)23)20(18(15)24)27-21(25)22(3,4)5/h6-11H,1-5H3. The Balaban J connectivity index is 2.36. The van der Waals surface area contributed by atoms with Gasteiger partial charge in [0.1, 0.15) is 5.58 Å². The second kappa shape index (κ2) is 6.86. The zero-order chi connectivity index (χ0) is 19.9. The first-order chi connectivity index (χ1) is 12.6. The van der Waals surface area contributed by atoms with Crippen LogP contribution >= 0.6 is 11.6 Å². The van der Waals surface area contributed by atoms with Gasteiger partial charge in [-0.3, -0.25) is 9.59 Å². The number of carbonyl (C=O) groups excluding carboxylic acids is 1. The lowest BCUT2D eigenvalue weighted by atomic mass is 9.97. The van der Waals surface area contributed by atoms with Crippen molar-refractivity contribution in [1.82, 2.24) is 0 Å². The summed E-state index contributed by atoms with van der Waals surface area (Å²) in [5, 5.41) is 0.766. The number of aryl methyl sites for hydroxylation is 2. The van der Waals surface area contributed by atoms with E-state index in [4.69, 9.17) is 20.8 Å². The van der Waals surface area contributed by atoms with Gasteiger partial charge in [0.05, 0.1) is 15.8 Å². The number of rotatable bonds is 2. The normalized spacial score (nSPS) is 11.6. The Labute approximate surface area is 162 Å². The Bertz CT molecular complexity index is 1100. The summed E-state index contributed by atoms with van der Waals surface area (Å²) >= 11 is 6.31. The van der Waals surface area contributed by atoms with Crippen molar-refractivity contribution >= 4 is 28.5 Å². The van der Waals surface area contributed by atoms with Gasteiger partial charge in [0, 0.05) is 5.56 Å². The molecule has 3 rings (SSSR count). The van der Waals surface area contributed by atoms with Gasteiger partial charge in [-0.15, -0.1) is 0 Å². The monoisotopic (exact) mass is 384 g/mol. The molecule has 0 aliphatic heterocycles. The molecule has 1 aromatic heterocycles. The van der Waals surface area contributed by atoms with Gasteiger partial charge in [-0.1, -0.05) is 23.7 Å². The molecule has 0 saturated heterocycles. The third kappa shape index (κ3) is 3.62. The Kier molecular flexibility index (Phi) is 4.87. The van der Waals surface area contributed by atoms with Gasteiger partial charge < -0.3 is 9.15 Å². The van der Waals surface area contributed by atoms with E-state index < -0.39 is 16.8 Å². The van der Waals surface area contributed by atoms with Gasteiger partial charge in [-0.2, -0.15) is 0 Å². The van der Waals surface area contributed by atoms with E-state index in [1.807, 2.05) is 19.9 Å². The Morgan fingerprint density at radius 3 is 2.33 bits per heavy atom. The summed E-state index contributed by atoms with van der Waals surface area (Å²) in [6.45, 7) is 9.02. The zero-order valence-corrected chi connectivity index (χ0v) is 16.7. The molecular weight excluding hydrogens is 364 g/mol. The molecule has 27 heavy (non-hydrogen) atoms. The van der Waals surface area contributed by atoms with Crippen molar-refractivity contribution < 1.29 is 13.9 Å². The maximum Gasteiger partial charge on any atom is 0.316 e. The number of hydrogen-bond donors (Lipinski definition) is 0. The molecule has 0 unspecified atom stereocenters. The third-order valence-corrected chi connectivity index (χ3v) is 4.72. The molecule has 0 saturated carbocycles. The quantitative estimate of drug-likeness (QED) is 0.533. The van der Waals surface area contributed by atoms with Crippen molar-refractivity contribution in [2.75, 3.05) is 0 Å². The summed E-state index contributed by atoms with van der Waals surface area (Å²) in [5.41, 5.74) is 1.69. The number of carbonyl (C=O) groups is 1. The number of ether oxygens (including phenoxy) is 1. The third-order valence-electron chi connectivity index (χ3n) is 4.39. The van der Waals surface area contributed by atoms with Crippen LogP contribution in [0.15, 0.2) is 45.6 Å². The van der Waals surface area contributed by atoms with E-state index >= 15 is 0 Å². The zero-order valence-electron chi connectivity index (χ0n) is 16.0. The van der Waals surface area contributed by atoms with Gasteiger partial charge in [0.25, 0.3) is 0 Å². The predicted octanol–water partition coefficient (Wildman–Crippen LogP) is 5.68. The predicted molar refractivity (Wildman–Crippen MR) is 107 cm³/mol. The SMILES string of the molecule is Cc1cc2oc(-c3ccccc3Cl)c(OC(=O)C(C)(C)C)c(=O)c2cc1C. The first kappa shape index (κ1) is 19.2. The van der Waals surface area contributed by atoms with Gasteiger partial charge in [0.15, 0.2) is 5.76 Å². The molecule has 1 heterocycles. The molecule has 0 aliphatic rings. The Hall–Kier alpha value is -2.59. The van der Waals surface area contributed by atoms with Crippen LogP contribution < -0.4 is 10.2 Å². The summed E-state index contributed by atoms with van der Waals surface area (Å²) < 4.78 is 11.6. The molecule has 0 bridgehead atoms. The first-order valence-corrected chi connectivity index (χ1v) is 9.02. The minimum atomic E-state index is -0.775. The van der Waals surface area contributed by atoms with Gasteiger partial charge in [-0.05, 0) is 70.0 Å². The summed E-state index contributed by atoms with van der Waals surface area (Å²) in [7, 11) is 0. The van der Waals surface area contributed by atoms with E-state index in [2.05, 4.69) is 0 Å². The number of halogens is 1. The summed E-state index contributed by atoms with van der Waals surface area (Å²) in [5.74, 6) is -0.510. The highest BCUT2D eigenvalue weighted by molar-refractivity contribution is 6.33. The molecule has 3 aromatic rings. The van der Waals surface area contributed by atoms with Crippen molar-refractivity contribution in [1.29, 1.82) is 0 Å². The Morgan fingerprint density at radius 1 is 1.07 bits per heavy atom. The molecule has 0 spiro atoms. The van der Waals surface area contributed by atoms with Crippen molar-refractivity contribution in [3.05, 3.63) is 62.8 Å². The second-order valence-electron chi connectivity index (χ2n) is 7.64. The average molecular weight is 385 g/mol. The van der Waals surface area contributed by atoms with Crippen molar-refractivity contribution in [2.24, 2.45) is 5.41 Å². The minimum absolute atomic E-state index is 0.140. The van der Waals surface area contributed by atoms with Crippen molar-refractivity contribution in [2.45, 2.75) is 34.6 Å². The van der Waals surface area contributed by atoms with Crippen LogP contribution in [-0.4, -0.2) is 5.97 Å². The van der Waals surface area contributed by atoms with Crippen LogP contribution in [0.25, 0.3) is 22.3 Å². The minimum Gasteiger partial charge on any atom is -0.452 e. The van der Waals surface area contributed by atoms with Crippen molar-refractivity contribution in [3.63, 3.8) is 0 Å². The average Bonchev–Trinajstić information content (AvgIpc) is 2.59. The van der Waals surface area contributed by atoms with E-state index in [1.54, 1.807) is 51.1 Å². The van der Waals surface area contributed by atoms with Crippen LogP contribution in [0.4, 0.5) is 0 Å². The van der Waals surface area contributed by atoms with Crippen LogP contribution in [0.5, 0.6) is 5.75 Å². The highest BCUT2D eigenvalue weighted by Gasteiger charge is 2.28. The maximum atomic E-state index is 13.2. The first-order valence-electron chi connectivity index (χ1n) is 8.65. The molecule has 5 heteroatoms. The van der Waals surface area contributed by atoms with E-state index in [-0.39, 0.29) is 11.5 Å². The number of fused-ring (bicyclic) bond motifs is 1. The van der Waals surface area contributed by atoms with Crippen molar-refractivity contribution in [3.8, 4) is 17.1 Å². The highest BCUT2D eigenvalue weighted by atomic mass is 35.5. The molecule has 0 N–H and O–H groups in total. The fourth-order valence-electron chi connectivity index (χ4n) is 2.59. The molecule has 4 nitrogen and oxygen atoms in total. The van der Waals surface area contributed by atoms with Crippen LogP contribution in [0.3, 0.4) is 0 Å². The molecule has 0 aliphatic carbocycles. The molecule has 0 atom stereocenters. The molecule has 0 fully saturated rings. The van der Waals surface area contributed by atoms with Gasteiger partial charge >= 0.3 is 5.97 Å². The van der Waals surface area contributed by atoms with Crippen LogP contribution in [0.1, 0.15) is 31.9 Å². The number of hydrogen-bond acceptors (Lipinski definition) is 4. The lowest BCUT2D eigenvalue weighted by Crippen LogP contribution is -2.28. The fraction of sp³-hybridized carbons (Fsp3) is 0.273. The smallest absolute Gasteiger partial charge is 0.316 e. The number of benzene rings is 2. The van der Waals surface area contributed by atoms with E-state index in [0.717, 1.165) is 11.1 Å². The molecular formula is C22H21ClO4. The fourth-order valence-corrected chi connectivity index (χ4v) is 2.82. The van der Waals surface area contributed by atoms with E-state index in [0.29, 0.717) is 21.6 Å².